The normalized spacial score (nSPS) is 11.3. The molecule has 2 aromatic rings. The fourth-order valence-corrected chi connectivity index (χ4v) is 1.85. The number of nitrogens with zero attached hydrogens (tertiary/aromatic N) is 1. The molecule has 0 radical (unpaired) electrons. The lowest BCUT2D eigenvalue weighted by Crippen LogP contribution is -2.25. The third-order valence-corrected chi connectivity index (χ3v) is 2.86. The number of guanidine groups is 1. The zero-order valence-corrected chi connectivity index (χ0v) is 15.9. The molecule has 0 spiro atoms. The Bertz CT molecular complexity index is 798. The van der Waals surface area contributed by atoms with E-state index in [-0.39, 0.29) is 47.9 Å². The van der Waals surface area contributed by atoms with Crippen LogP contribution in [0.2, 0.25) is 0 Å². The molecule has 0 heterocycles. The number of anilines is 2. The average Bonchev–Trinajstić information content (AvgIpc) is 2.53. The number of benzene rings is 2. The fourth-order valence-electron chi connectivity index (χ4n) is 1.85. The molecule has 1 amide bonds. The molecule has 4 N–H and O–H groups in total. The van der Waals surface area contributed by atoms with Gasteiger partial charge in [0, 0.05) is 11.4 Å². The summed E-state index contributed by atoms with van der Waals surface area (Å²) in [5.74, 6) is -1.52. The minimum Gasteiger partial charge on any atom is -0.406 e. The van der Waals surface area contributed by atoms with Crippen molar-refractivity contribution in [2.75, 3.05) is 17.2 Å². The third kappa shape index (κ3) is 8.57. The average molecular weight is 498 g/mol. The first-order valence-corrected chi connectivity index (χ1v) is 7.19. The molecule has 2 aromatic carbocycles. The van der Waals surface area contributed by atoms with Crippen LogP contribution in [0.4, 0.5) is 28.9 Å². The summed E-state index contributed by atoms with van der Waals surface area (Å²) >= 11 is 0. The van der Waals surface area contributed by atoms with Gasteiger partial charge < -0.3 is 21.1 Å². The van der Waals surface area contributed by atoms with Crippen LogP contribution in [-0.4, -0.2) is 24.8 Å². The summed E-state index contributed by atoms with van der Waals surface area (Å²) in [5, 5.41) is 5.05. The minimum absolute atomic E-state index is 0. The SMILES string of the molecule is I.NC(=NCC(=O)Nc1cccc(F)c1)Nc1ccc(OC(F)(F)F)cc1. The molecule has 0 bridgehead atoms. The molecule has 0 saturated heterocycles. The first kappa shape index (κ1) is 22.5. The maximum absolute atomic E-state index is 13.0. The topological polar surface area (TPSA) is 88.7 Å². The largest absolute Gasteiger partial charge is 0.573 e. The number of hydrogen-bond acceptors (Lipinski definition) is 3. The van der Waals surface area contributed by atoms with E-state index in [0.29, 0.717) is 5.69 Å². The van der Waals surface area contributed by atoms with E-state index in [1.54, 1.807) is 0 Å². The second-order valence-corrected chi connectivity index (χ2v) is 4.96. The van der Waals surface area contributed by atoms with Crippen molar-refractivity contribution in [1.29, 1.82) is 0 Å². The molecule has 0 atom stereocenters. The van der Waals surface area contributed by atoms with Gasteiger partial charge in [-0.3, -0.25) is 4.79 Å². The highest BCUT2D eigenvalue weighted by Gasteiger charge is 2.30. The molecule has 0 aliphatic carbocycles. The summed E-state index contributed by atoms with van der Waals surface area (Å²) in [5.41, 5.74) is 6.23. The number of rotatable bonds is 5. The number of alkyl halides is 3. The van der Waals surface area contributed by atoms with Gasteiger partial charge in [0.15, 0.2) is 5.96 Å². The standard InChI is InChI=1S/C16H14F4N4O2.HI/c17-10-2-1-3-12(8-10)23-14(25)9-22-15(21)24-11-4-6-13(7-5-11)26-16(18,19)20;/h1-8H,9H2,(H,23,25)(H3,21,22,24);1H. The Morgan fingerprint density at radius 3 is 2.33 bits per heavy atom. The van der Waals surface area contributed by atoms with Crippen LogP contribution in [0.3, 0.4) is 0 Å². The molecular weight excluding hydrogens is 483 g/mol. The Hall–Kier alpha value is -2.57. The zero-order valence-electron chi connectivity index (χ0n) is 13.6. The molecule has 27 heavy (non-hydrogen) atoms. The van der Waals surface area contributed by atoms with Gasteiger partial charge in [0.25, 0.3) is 0 Å². The summed E-state index contributed by atoms with van der Waals surface area (Å²) in [6.07, 6.45) is -4.77. The molecular formula is C16H15F4IN4O2. The summed E-state index contributed by atoms with van der Waals surface area (Å²) in [6, 6.07) is 10.1. The number of halogens is 5. The van der Waals surface area contributed by atoms with Crippen LogP contribution in [0, 0.1) is 5.82 Å². The van der Waals surface area contributed by atoms with Gasteiger partial charge in [-0.15, -0.1) is 37.1 Å². The Kier molecular flexibility index (Phi) is 8.28. The number of carbonyl (C=O) groups excluding carboxylic acids is 1. The monoisotopic (exact) mass is 498 g/mol. The number of amides is 1. The van der Waals surface area contributed by atoms with Crippen molar-refractivity contribution in [2.24, 2.45) is 10.7 Å². The highest BCUT2D eigenvalue weighted by Crippen LogP contribution is 2.23. The molecule has 0 aliphatic heterocycles. The maximum atomic E-state index is 13.0. The smallest absolute Gasteiger partial charge is 0.406 e. The van der Waals surface area contributed by atoms with E-state index in [1.165, 1.54) is 30.3 Å². The second kappa shape index (κ2) is 9.94. The maximum Gasteiger partial charge on any atom is 0.573 e. The highest BCUT2D eigenvalue weighted by atomic mass is 127. The molecule has 6 nitrogen and oxygen atoms in total. The molecule has 11 heteroatoms. The lowest BCUT2D eigenvalue weighted by Gasteiger charge is -2.10. The fraction of sp³-hybridized carbons (Fsp3) is 0.125. The first-order chi connectivity index (χ1) is 12.2. The van der Waals surface area contributed by atoms with E-state index in [1.807, 2.05) is 0 Å². The molecule has 0 aliphatic rings. The minimum atomic E-state index is -4.77. The molecule has 146 valence electrons. The summed E-state index contributed by atoms with van der Waals surface area (Å²) in [4.78, 5) is 15.5. The van der Waals surface area contributed by atoms with Crippen LogP contribution < -0.4 is 21.1 Å². The Labute approximate surface area is 168 Å². The summed E-state index contributed by atoms with van der Waals surface area (Å²) in [6.45, 7) is -0.329. The van der Waals surface area contributed by atoms with Crippen LogP contribution in [-0.2, 0) is 4.79 Å². The van der Waals surface area contributed by atoms with Crippen molar-refractivity contribution in [3.8, 4) is 5.75 Å². The van der Waals surface area contributed by atoms with E-state index in [0.717, 1.165) is 18.2 Å². The van der Waals surface area contributed by atoms with Crippen molar-refractivity contribution >= 4 is 47.2 Å². The molecule has 0 fully saturated rings. The number of nitrogens with one attached hydrogen (secondary N) is 2. The number of ether oxygens (including phenoxy) is 1. The van der Waals surface area contributed by atoms with Crippen molar-refractivity contribution < 1.29 is 27.1 Å². The lowest BCUT2D eigenvalue weighted by molar-refractivity contribution is -0.274. The van der Waals surface area contributed by atoms with Gasteiger partial charge in [-0.25, -0.2) is 9.38 Å². The van der Waals surface area contributed by atoms with E-state index in [9.17, 15) is 22.4 Å². The predicted molar refractivity (Wildman–Crippen MR) is 104 cm³/mol. The lowest BCUT2D eigenvalue weighted by atomic mass is 10.3. The quantitative estimate of drug-likeness (QED) is 0.254. The van der Waals surface area contributed by atoms with Gasteiger partial charge in [-0.2, -0.15) is 0 Å². The van der Waals surface area contributed by atoms with Crippen LogP contribution in [0.5, 0.6) is 5.75 Å². The summed E-state index contributed by atoms with van der Waals surface area (Å²) < 4.78 is 53.0. The van der Waals surface area contributed by atoms with Gasteiger partial charge >= 0.3 is 6.36 Å². The zero-order chi connectivity index (χ0) is 19.2. The van der Waals surface area contributed by atoms with E-state index >= 15 is 0 Å². The van der Waals surface area contributed by atoms with E-state index in [2.05, 4.69) is 20.4 Å². The number of carbonyl (C=O) groups is 1. The Morgan fingerprint density at radius 2 is 1.74 bits per heavy atom. The van der Waals surface area contributed by atoms with Gasteiger partial charge in [0.2, 0.25) is 5.91 Å². The predicted octanol–water partition coefficient (Wildman–Crippen LogP) is 3.71. The van der Waals surface area contributed by atoms with Crippen molar-refractivity contribution in [1.82, 2.24) is 0 Å². The third-order valence-electron chi connectivity index (χ3n) is 2.86. The van der Waals surface area contributed by atoms with E-state index in [4.69, 9.17) is 5.73 Å². The van der Waals surface area contributed by atoms with E-state index < -0.39 is 18.1 Å². The Morgan fingerprint density at radius 1 is 1.07 bits per heavy atom. The van der Waals surface area contributed by atoms with Crippen molar-refractivity contribution in [2.45, 2.75) is 6.36 Å². The van der Waals surface area contributed by atoms with Gasteiger partial charge in [-0.1, -0.05) is 6.07 Å². The Balaban J connectivity index is 0.00000364. The van der Waals surface area contributed by atoms with Crippen LogP contribution >= 0.6 is 24.0 Å². The van der Waals surface area contributed by atoms with Gasteiger partial charge in [-0.05, 0) is 42.5 Å². The second-order valence-electron chi connectivity index (χ2n) is 4.96. The van der Waals surface area contributed by atoms with Crippen LogP contribution in [0.1, 0.15) is 0 Å². The molecule has 2 rings (SSSR count). The van der Waals surface area contributed by atoms with Crippen molar-refractivity contribution in [3.63, 3.8) is 0 Å². The van der Waals surface area contributed by atoms with Crippen molar-refractivity contribution in [3.05, 3.63) is 54.3 Å². The molecule has 0 aromatic heterocycles. The van der Waals surface area contributed by atoms with Crippen LogP contribution in [0.25, 0.3) is 0 Å². The van der Waals surface area contributed by atoms with Gasteiger partial charge in [0.05, 0.1) is 0 Å². The number of hydrogen-bond donors (Lipinski definition) is 3. The van der Waals surface area contributed by atoms with Crippen LogP contribution in [0.15, 0.2) is 53.5 Å². The molecule has 0 unspecified atom stereocenters. The highest BCUT2D eigenvalue weighted by molar-refractivity contribution is 14.0. The number of nitrogens with two attached hydrogens (primary N) is 1. The first-order valence-electron chi connectivity index (χ1n) is 7.19. The summed E-state index contributed by atoms with van der Waals surface area (Å²) in [7, 11) is 0. The number of aliphatic imine (C=N–C) groups is 1. The molecule has 0 saturated carbocycles. The van der Waals surface area contributed by atoms with Gasteiger partial charge in [0.1, 0.15) is 18.1 Å².